The number of piperazine rings is 1. The number of ketones is 2. The Labute approximate surface area is 172 Å². The molecule has 0 spiro atoms. The normalized spacial score (nSPS) is 35.4. The molecule has 5 unspecified atom stereocenters. The van der Waals surface area contributed by atoms with E-state index in [9.17, 15) is 14.4 Å². The van der Waals surface area contributed by atoms with Gasteiger partial charge < -0.3 is 25.4 Å². The smallest absolute Gasteiger partial charge is 0.404 e. The van der Waals surface area contributed by atoms with Crippen molar-refractivity contribution in [3.8, 4) is 0 Å². The summed E-state index contributed by atoms with van der Waals surface area (Å²) >= 11 is 0. The molecule has 1 aliphatic carbocycles. The number of allylic oxidation sites excluding steroid dienone is 1. The van der Waals surface area contributed by atoms with Gasteiger partial charge in [-0.15, -0.1) is 0 Å². The largest absolute Gasteiger partial charge is 0.449 e. The van der Waals surface area contributed by atoms with Gasteiger partial charge in [-0.05, 0) is 19.1 Å². The second kappa shape index (κ2) is 6.44. The van der Waals surface area contributed by atoms with Gasteiger partial charge in [-0.2, -0.15) is 0 Å². The number of ether oxygens (including phenoxy) is 2. The SMILES string of the molecule is COC12C(COC(N)=O)C3=C(C(=O)C(C)C(=Nc4cccnc4)C3=O)N1CC1NC12. The van der Waals surface area contributed by atoms with Crippen molar-refractivity contribution in [3.05, 3.63) is 35.8 Å². The highest BCUT2D eigenvalue weighted by Crippen LogP contribution is 2.55. The number of amides is 1. The minimum Gasteiger partial charge on any atom is -0.449 e. The molecule has 0 saturated carbocycles. The molecular weight excluding hydrogens is 390 g/mol. The summed E-state index contributed by atoms with van der Waals surface area (Å²) in [6.07, 6.45) is 2.18. The van der Waals surface area contributed by atoms with E-state index in [1.807, 2.05) is 4.90 Å². The molecule has 10 heteroatoms. The molecule has 10 nitrogen and oxygen atoms in total. The minimum atomic E-state index is -0.987. The fourth-order valence-electron chi connectivity index (χ4n) is 5.09. The van der Waals surface area contributed by atoms with Crippen molar-refractivity contribution >= 4 is 29.1 Å². The molecule has 1 aromatic rings. The first-order chi connectivity index (χ1) is 14.4. The predicted octanol–water partition coefficient (Wildman–Crippen LogP) is -0.0801. The van der Waals surface area contributed by atoms with Crippen LogP contribution in [0.4, 0.5) is 10.5 Å². The number of rotatable bonds is 4. The fourth-order valence-corrected chi connectivity index (χ4v) is 5.09. The molecule has 5 rings (SSSR count). The Bertz CT molecular complexity index is 1020. The number of nitrogens with one attached hydrogen (secondary N) is 1. The van der Waals surface area contributed by atoms with Crippen molar-refractivity contribution in [1.82, 2.24) is 15.2 Å². The molecule has 4 heterocycles. The number of carbonyl (C=O) groups excluding carboxylic acids is 3. The van der Waals surface area contributed by atoms with Gasteiger partial charge in [0.15, 0.2) is 11.5 Å². The number of aromatic nitrogens is 1. The zero-order valence-corrected chi connectivity index (χ0v) is 16.5. The number of Topliss-reactive ketones (excluding diaryl/α,β-unsaturated/α-hetero) is 2. The number of primary amides is 1. The molecular formula is C20H21N5O5. The van der Waals surface area contributed by atoms with Crippen LogP contribution in [0, 0.1) is 11.8 Å². The molecule has 3 N–H and O–H groups in total. The first-order valence-corrected chi connectivity index (χ1v) is 9.73. The third kappa shape index (κ3) is 2.40. The van der Waals surface area contributed by atoms with Crippen LogP contribution in [0.3, 0.4) is 0 Å². The molecule has 0 radical (unpaired) electrons. The van der Waals surface area contributed by atoms with Crippen molar-refractivity contribution in [3.63, 3.8) is 0 Å². The summed E-state index contributed by atoms with van der Waals surface area (Å²) in [5.74, 6) is -1.93. The Morgan fingerprint density at radius 1 is 1.47 bits per heavy atom. The standard InChI is InChI=1S/C20H21N5O5/c1-9-14(23-10-4-3-5-22-6-10)17(27)13-11(8-30-19(21)28)20(29-2)18-12(24-18)7-25(20)15(13)16(9)26/h3-6,9,11-12,18,24H,7-8H2,1-2H3,(H2,21,28). The second-order valence-electron chi connectivity index (χ2n) is 7.89. The maximum Gasteiger partial charge on any atom is 0.404 e. The molecule has 2 saturated heterocycles. The summed E-state index contributed by atoms with van der Waals surface area (Å²) in [5.41, 5.74) is 5.44. The lowest BCUT2D eigenvalue weighted by Gasteiger charge is -2.39. The van der Waals surface area contributed by atoms with Gasteiger partial charge in [0.2, 0.25) is 5.78 Å². The molecule has 5 atom stereocenters. The van der Waals surface area contributed by atoms with E-state index in [1.54, 1.807) is 25.3 Å². The van der Waals surface area contributed by atoms with E-state index in [0.717, 1.165) is 0 Å². The molecule has 3 aliphatic heterocycles. The lowest BCUT2D eigenvalue weighted by atomic mass is 9.78. The Morgan fingerprint density at radius 3 is 2.93 bits per heavy atom. The minimum absolute atomic E-state index is 0.0794. The number of nitrogens with two attached hydrogens (primary N) is 1. The summed E-state index contributed by atoms with van der Waals surface area (Å²) in [6.45, 7) is 2.04. The lowest BCUT2D eigenvalue weighted by Crippen LogP contribution is -2.55. The van der Waals surface area contributed by atoms with Gasteiger partial charge in [0.25, 0.3) is 0 Å². The molecule has 156 valence electrons. The summed E-state index contributed by atoms with van der Waals surface area (Å²) in [4.78, 5) is 48.6. The number of aliphatic imine (C=N–C) groups is 1. The zero-order chi connectivity index (χ0) is 21.2. The van der Waals surface area contributed by atoms with E-state index < -0.39 is 23.7 Å². The quantitative estimate of drug-likeness (QED) is 0.654. The van der Waals surface area contributed by atoms with Crippen LogP contribution in [0.5, 0.6) is 0 Å². The number of pyridine rings is 1. The van der Waals surface area contributed by atoms with Crippen molar-refractivity contribution in [2.75, 3.05) is 20.3 Å². The Balaban J connectivity index is 1.63. The summed E-state index contributed by atoms with van der Waals surface area (Å²) in [5, 5.41) is 3.32. The van der Waals surface area contributed by atoms with Crippen LogP contribution in [-0.4, -0.2) is 71.3 Å². The number of hydrogen-bond donors (Lipinski definition) is 2. The molecule has 0 aromatic carbocycles. The van der Waals surface area contributed by atoms with E-state index in [0.29, 0.717) is 17.9 Å². The van der Waals surface area contributed by atoms with Crippen LogP contribution in [0.1, 0.15) is 6.92 Å². The van der Waals surface area contributed by atoms with Crippen molar-refractivity contribution in [2.45, 2.75) is 24.7 Å². The average molecular weight is 411 g/mol. The van der Waals surface area contributed by atoms with E-state index in [2.05, 4.69) is 15.3 Å². The van der Waals surface area contributed by atoms with Crippen LogP contribution in [0.25, 0.3) is 0 Å². The number of fused-ring (bicyclic) bond motifs is 4. The first-order valence-electron chi connectivity index (χ1n) is 9.73. The Morgan fingerprint density at radius 2 is 2.27 bits per heavy atom. The number of nitrogens with zero attached hydrogens (tertiary/aromatic N) is 3. The summed E-state index contributed by atoms with van der Waals surface area (Å²) in [7, 11) is 1.54. The fraction of sp³-hybridized carbons (Fsp3) is 0.450. The maximum atomic E-state index is 13.6. The van der Waals surface area contributed by atoms with Crippen molar-refractivity contribution < 1.29 is 23.9 Å². The Hall–Kier alpha value is -3.11. The predicted molar refractivity (Wildman–Crippen MR) is 104 cm³/mol. The molecule has 1 aromatic heterocycles. The van der Waals surface area contributed by atoms with Gasteiger partial charge >= 0.3 is 6.09 Å². The molecule has 4 aliphatic rings. The van der Waals surface area contributed by atoms with Crippen molar-refractivity contribution in [1.29, 1.82) is 0 Å². The van der Waals surface area contributed by atoms with E-state index in [1.165, 1.54) is 13.3 Å². The second-order valence-corrected chi connectivity index (χ2v) is 7.89. The summed E-state index contributed by atoms with van der Waals surface area (Å²) in [6, 6.07) is 3.49. The molecule has 30 heavy (non-hydrogen) atoms. The van der Waals surface area contributed by atoms with Gasteiger partial charge in [-0.25, -0.2) is 9.79 Å². The van der Waals surface area contributed by atoms with Crippen LogP contribution in [0.2, 0.25) is 0 Å². The topological polar surface area (TPSA) is 146 Å². The van der Waals surface area contributed by atoms with E-state index >= 15 is 0 Å². The zero-order valence-electron chi connectivity index (χ0n) is 16.5. The molecule has 0 bridgehead atoms. The van der Waals surface area contributed by atoms with E-state index in [4.69, 9.17) is 15.2 Å². The molecule has 2 fully saturated rings. The number of methoxy groups -OCH3 is 1. The van der Waals surface area contributed by atoms with Crippen LogP contribution < -0.4 is 11.1 Å². The van der Waals surface area contributed by atoms with Gasteiger partial charge in [0.05, 0.1) is 41.2 Å². The van der Waals surface area contributed by atoms with E-state index in [-0.39, 0.29) is 41.5 Å². The van der Waals surface area contributed by atoms with Gasteiger partial charge in [0.1, 0.15) is 6.61 Å². The monoisotopic (exact) mass is 411 g/mol. The average Bonchev–Trinajstić information content (AvgIpc) is 3.35. The van der Waals surface area contributed by atoms with Gasteiger partial charge in [-0.1, -0.05) is 0 Å². The summed E-state index contributed by atoms with van der Waals surface area (Å²) < 4.78 is 11.0. The van der Waals surface area contributed by atoms with Crippen molar-refractivity contribution in [2.24, 2.45) is 22.6 Å². The Kier molecular flexibility index (Phi) is 4.06. The maximum absolute atomic E-state index is 13.6. The highest BCUT2D eigenvalue weighted by atomic mass is 16.6. The lowest BCUT2D eigenvalue weighted by molar-refractivity contribution is -0.138. The van der Waals surface area contributed by atoms with Crippen LogP contribution in [-0.2, 0) is 19.1 Å². The highest BCUT2D eigenvalue weighted by molar-refractivity contribution is 6.53. The third-order valence-electron chi connectivity index (χ3n) is 6.44. The van der Waals surface area contributed by atoms with Crippen LogP contribution in [0.15, 0.2) is 40.8 Å². The number of hydrogen-bond acceptors (Lipinski definition) is 9. The highest BCUT2D eigenvalue weighted by Gasteiger charge is 2.73. The van der Waals surface area contributed by atoms with Gasteiger partial charge in [0, 0.05) is 31.5 Å². The first kappa shape index (κ1) is 18.9. The number of carbonyl (C=O) groups is 3. The van der Waals surface area contributed by atoms with Gasteiger partial charge in [-0.3, -0.25) is 14.6 Å². The third-order valence-corrected chi connectivity index (χ3v) is 6.44. The molecule has 1 amide bonds. The van der Waals surface area contributed by atoms with Crippen LogP contribution >= 0.6 is 0 Å².